The largest absolute Gasteiger partial charge is 0.167 e. The van der Waals surface area contributed by atoms with Gasteiger partial charge >= 0.3 is 0 Å². The second kappa shape index (κ2) is 4.53. The molecule has 2 bridgehead atoms. The average Bonchev–Trinajstić information content (AvgIpc) is 2.49. The smallest absolute Gasteiger partial charge is 0.126 e. The number of hydrogen-bond donors (Lipinski definition) is 0. The van der Waals surface area contributed by atoms with Gasteiger partial charge in [-0.1, -0.05) is 53.3 Å². The monoisotopic (exact) mass is 408 g/mol. The summed E-state index contributed by atoms with van der Waals surface area (Å²) in [6.45, 7) is 1.81. The van der Waals surface area contributed by atoms with Gasteiger partial charge in [-0.25, -0.2) is 0 Å². The van der Waals surface area contributed by atoms with Gasteiger partial charge < -0.3 is 0 Å². The van der Waals surface area contributed by atoms with Gasteiger partial charge in [0.15, 0.2) is 4.33 Å². The van der Waals surface area contributed by atoms with E-state index >= 15 is 0 Å². The highest BCUT2D eigenvalue weighted by Gasteiger charge is 2.85. The summed E-state index contributed by atoms with van der Waals surface area (Å²) in [6.07, 6.45) is 0. The molecule has 0 heterocycles. The van der Waals surface area contributed by atoms with Crippen LogP contribution in [0.1, 0.15) is 6.92 Å². The Morgan fingerprint density at radius 2 is 1.50 bits per heavy atom. The zero-order chi connectivity index (χ0) is 14.1. The molecule has 0 aromatic rings. The van der Waals surface area contributed by atoms with Crippen molar-refractivity contribution in [3.05, 3.63) is 10.1 Å². The molecule has 4 atom stereocenters. The summed E-state index contributed by atoms with van der Waals surface area (Å²) in [4.78, 5) is -2.69. The highest BCUT2D eigenvalue weighted by Crippen LogP contribution is 2.80. The summed E-state index contributed by atoms with van der Waals surface area (Å²) in [6, 6.07) is 0. The first kappa shape index (κ1) is 16.4. The Kier molecular flexibility index (Phi) is 4.13. The molecule has 18 heavy (non-hydrogen) atoms. The summed E-state index contributed by atoms with van der Waals surface area (Å²) < 4.78 is -1.58. The lowest BCUT2D eigenvalue weighted by Crippen LogP contribution is -2.49. The van der Waals surface area contributed by atoms with E-state index in [4.69, 9.17) is 92.8 Å². The zero-order valence-corrected chi connectivity index (χ0v) is 15.1. The fraction of sp³-hybridized carbons (Fsp3) is 0.800. The van der Waals surface area contributed by atoms with Crippen molar-refractivity contribution in [1.82, 2.24) is 0 Å². The molecule has 0 aromatic heterocycles. The number of rotatable bonds is 2. The van der Waals surface area contributed by atoms with Gasteiger partial charge in [-0.05, 0) is 0 Å². The fourth-order valence-electron chi connectivity index (χ4n) is 2.96. The third kappa shape index (κ3) is 1.36. The SMILES string of the molecule is CC1(CCl)C(CCl)C2(Cl)C(Cl)=C(Cl)C1(Cl)C2(Cl)Cl. The first-order valence-electron chi connectivity index (χ1n) is 5.01. The van der Waals surface area contributed by atoms with Gasteiger partial charge in [-0.2, -0.15) is 0 Å². The lowest BCUT2D eigenvalue weighted by Gasteiger charge is -2.44. The average molecular weight is 412 g/mol. The molecular weight excluding hydrogens is 404 g/mol. The van der Waals surface area contributed by atoms with Crippen molar-refractivity contribution < 1.29 is 0 Å². The fourth-order valence-corrected chi connectivity index (χ4v) is 7.40. The maximum Gasteiger partial charge on any atom is 0.167 e. The molecule has 1 fully saturated rings. The Bertz CT molecular complexity index is 432. The van der Waals surface area contributed by atoms with Crippen LogP contribution in [0.2, 0.25) is 0 Å². The predicted molar refractivity (Wildman–Crippen MR) is 83.4 cm³/mol. The third-order valence-corrected chi connectivity index (χ3v) is 9.48. The summed E-state index contributed by atoms with van der Waals surface area (Å²) in [7, 11) is 0. The molecule has 0 spiro atoms. The van der Waals surface area contributed by atoms with Gasteiger partial charge in [0.05, 0.1) is 10.1 Å². The van der Waals surface area contributed by atoms with Gasteiger partial charge in [-0.15, -0.1) is 46.4 Å². The van der Waals surface area contributed by atoms with Gasteiger partial charge in [0, 0.05) is 23.1 Å². The van der Waals surface area contributed by atoms with Crippen LogP contribution in [0.25, 0.3) is 0 Å². The zero-order valence-electron chi connectivity index (χ0n) is 9.02. The quantitative estimate of drug-likeness (QED) is 0.494. The van der Waals surface area contributed by atoms with E-state index in [1.54, 1.807) is 0 Å². The van der Waals surface area contributed by atoms with Crippen molar-refractivity contribution in [2.75, 3.05) is 11.8 Å². The van der Waals surface area contributed by atoms with Crippen molar-refractivity contribution in [2.24, 2.45) is 11.3 Å². The molecule has 2 aliphatic rings. The highest BCUT2D eigenvalue weighted by molar-refractivity contribution is 6.66. The van der Waals surface area contributed by atoms with Crippen molar-refractivity contribution in [1.29, 1.82) is 0 Å². The number of allylic oxidation sites excluding steroid dienone is 2. The highest BCUT2D eigenvalue weighted by atomic mass is 35.5. The lowest BCUT2D eigenvalue weighted by atomic mass is 9.71. The van der Waals surface area contributed by atoms with E-state index in [1.807, 2.05) is 6.92 Å². The van der Waals surface area contributed by atoms with Crippen LogP contribution in [0, 0.1) is 11.3 Å². The molecule has 0 nitrogen and oxygen atoms in total. The van der Waals surface area contributed by atoms with E-state index in [-0.39, 0.29) is 21.8 Å². The van der Waals surface area contributed by atoms with Crippen LogP contribution >= 0.6 is 92.8 Å². The van der Waals surface area contributed by atoms with Crippen molar-refractivity contribution in [2.45, 2.75) is 21.0 Å². The Balaban J connectivity index is 2.82. The maximum absolute atomic E-state index is 6.64. The topological polar surface area (TPSA) is 0 Å². The van der Waals surface area contributed by atoms with Gasteiger partial charge in [0.25, 0.3) is 0 Å². The van der Waals surface area contributed by atoms with E-state index in [9.17, 15) is 0 Å². The Labute approximate surface area is 146 Å². The van der Waals surface area contributed by atoms with Gasteiger partial charge in [-0.3, -0.25) is 0 Å². The first-order valence-corrected chi connectivity index (χ1v) is 8.34. The normalized spacial score (nSPS) is 50.2. The Morgan fingerprint density at radius 3 is 1.89 bits per heavy atom. The van der Waals surface area contributed by atoms with Crippen molar-refractivity contribution >= 4 is 92.8 Å². The molecule has 0 aromatic carbocycles. The number of hydrogen-bond acceptors (Lipinski definition) is 0. The minimum absolute atomic E-state index is 0.148. The third-order valence-electron chi connectivity index (χ3n) is 4.17. The van der Waals surface area contributed by atoms with Crippen LogP contribution < -0.4 is 0 Å². The van der Waals surface area contributed by atoms with E-state index in [1.165, 1.54) is 0 Å². The molecule has 0 radical (unpaired) electrons. The summed E-state index contributed by atoms with van der Waals surface area (Å²) in [5.41, 5.74) is -0.765. The van der Waals surface area contributed by atoms with E-state index in [0.717, 1.165) is 0 Å². The van der Waals surface area contributed by atoms with Crippen LogP contribution in [-0.2, 0) is 0 Å². The number of fused-ring (bicyclic) bond motifs is 2. The minimum Gasteiger partial charge on any atom is -0.126 e. The van der Waals surface area contributed by atoms with Gasteiger partial charge in [0.1, 0.15) is 9.75 Å². The molecule has 0 aliphatic heterocycles. The molecule has 0 N–H and O–H groups in total. The molecule has 0 saturated heterocycles. The summed E-state index contributed by atoms with van der Waals surface area (Å²) >= 11 is 50.5. The Morgan fingerprint density at radius 1 is 1.00 bits per heavy atom. The molecule has 2 rings (SSSR count). The van der Waals surface area contributed by atoms with Crippen LogP contribution in [0.4, 0.5) is 0 Å². The molecule has 1 saturated carbocycles. The van der Waals surface area contributed by atoms with E-state index in [0.29, 0.717) is 0 Å². The molecule has 0 amide bonds. The predicted octanol–water partition coefficient (Wildman–Crippen LogP) is 5.93. The van der Waals surface area contributed by atoms with E-state index < -0.39 is 25.4 Å². The summed E-state index contributed by atoms with van der Waals surface area (Å²) in [5.74, 6) is -0.0690. The van der Waals surface area contributed by atoms with Gasteiger partial charge in [0.2, 0.25) is 0 Å². The van der Waals surface area contributed by atoms with Crippen LogP contribution in [0.15, 0.2) is 10.1 Å². The number of alkyl halides is 6. The Hall–Kier alpha value is 2.06. The van der Waals surface area contributed by atoms with Crippen molar-refractivity contribution in [3.8, 4) is 0 Å². The standard InChI is InChI=1S/C10H8Cl8/c1-7(3-12)4(2-11)8(15)5(13)6(14)9(7,16)10(8,17)18/h4H,2-3H2,1H3. The molecule has 8 heteroatoms. The lowest BCUT2D eigenvalue weighted by molar-refractivity contribution is 0.233. The molecule has 104 valence electrons. The van der Waals surface area contributed by atoms with Crippen LogP contribution in [0.5, 0.6) is 0 Å². The van der Waals surface area contributed by atoms with E-state index in [2.05, 4.69) is 0 Å². The number of halogens is 8. The molecule has 2 aliphatic carbocycles. The first-order chi connectivity index (χ1) is 8.07. The molecular formula is C10H8Cl8. The van der Waals surface area contributed by atoms with Crippen molar-refractivity contribution in [3.63, 3.8) is 0 Å². The van der Waals surface area contributed by atoms with Crippen LogP contribution in [-0.4, -0.2) is 25.8 Å². The second-order valence-corrected chi connectivity index (χ2v) is 8.65. The van der Waals surface area contributed by atoms with Crippen LogP contribution in [0.3, 0.4) is 0 Å². The summed E-state index contributed by atoms with van der Waals surface area (Å²) in [5, 5.41) is 0.300. The second-order valence-electron chi connectivity index (χ2n) is 4.83. The minimum atomic E-state index is -1.58. The molecule has 4 unspecified atom stereocenters. The maximum atomic E-state index is 6.64.